The third-order valence-corrected chi connectivity index (χ3v) is 2.87. The molecule has 4 nitrogen and oxygen atoms in total. The molecule has 1 aromatic heterocycles. The van der Waals surface area contributed by atoms with Crippen molar-refractivity contribution in [2.75, 3.05) is 5.73 Å². The summed E-state index contributed by atoms with van der Waals surface area (Å²) in [4.78, 5) is 4.15. The number of aromatic nitrogens is 1. The molecule has 1 heterocycles. The Morgan fingerprint density at radius 1 is 1.35 bits per heavy atom. The molecule has 0 amide bonds. The predicted molar refractivity (Wildman–Crippen MR) is 69.7 cm³/mol. The first-order chi connectivity index (χ1) is 7.69. The largest absolute Gasteiger partial charge is 0.431 e. The van der Waals surface area contributed by atoms with Gasteiger partial charge >= 0.3 is 0 Å². The Balaban J connectivity index is 0.00000144. The van der Waals surface area contributed by atoms with Gasteiger partial charge in [-0.05, 0) is 31.2 Å². The van der Waals surface area contributed by atoms with Gasteiger partial charge in [-0.3, -0.25) is 0 Å². The minimum absolute atomic E-state index is 0. The molecule has 17 heavy (non-hydrogen) atoms. The number of nitrogens with zero attached hydrogens (tertiary/aromatic N) is 2. The van der Waals surface area contributed by atoms with Crippen molar-refractivity contribution in [2.24, 2.45) is 0 Å². The van der Waals surface area contributed by atoms with Crippen LogP contribution in [0.2, 0.25) is 0 Å². The number of nitrogens with two attached hydrogens (primary N) is 1. The van der Waals surface area contributed by atoms with Crippen molar-refractivity contribution in [3.05, 3.63) is 35.5 Å². The molecule has 0 saturated heterocycles. The van der Waals surface area contributed by atoms with Gasteiger partial charge in [-0.1, -0.05) is 11.3 Å². The smallest absolute Gasteiger partial charge is 0.280 e. The average Bonchev–Trinajstić information content (AvgIpc) is 2.59. The first-order valence-electron chi connectivity index (χ1n) is 4.60. The van der Waals surface area contributed by atoms with Crippen LogP contribution < -0.4 is 10.5 Å². The molecule has 0 atom stereocenters. The number of hydrogen-bond acceptors (Lipinski definition) is 5. The van der Waals surface area contributed by atoms with E-state index in [0.717, 1.165) is 5.69 Å². The van der Waals surface area contributed by atoms with E-state index in [9.17, 15) is 0 Å². The quantitative estimate of drug-likeness (QED) is 0.907. The zero-order chi connectivity index (χ0) is 11.5. The van der Waals surface area contributed by atoms with Crippen LogP contribution in [0, 0.1) is 18.3 Å². The van der Waals surface area contributed by atoms with Crippen LogP contribution in [-0.2, 0) is 0 Å². The monoisotopic (exact) mass is 267 g/mol. The molecule has 6 heteroatoms. The Morgan fingerprint density at radius 2 is 2.00 bits per heavy atom. The molecule has 2 rings (SSSR count). The highest BCUT2D eigenvalue weighted by molar-refractivity contribution is 7.17. The number of benzene rings is 1. The van der Waals surface area contributed by atoms with E-state index in [1.54, 1.807) is 24.3 Å². The third kappa shape index (κ3) is 3.09. The fourth-order valence-electron chi connectivity index (χ4n) is 1.12. The highest BCUT2D eigenvalue weighted by Crippen LogP contribution is 2.30. The Bertz CT molecular complexity index is 525. The van der Waals surface area contributed by atoms with Gasteiger partial charge in [-0.25, -0.2) is 4.98 Å². The maximum Gasteiger partial charge on any atom is 0.280 e. The van der Waals surface area contributed by atoms with Crippen LogP contribution in [-0.4, -0.2) is 4.98 Å². The predicted octanol–water partition coefficient (Wildman–Crippen LogP) is 3.12. The lowest BCUT2D eigenvalue weighted by Crippen LogP contribution is -1.84. The van der Waals surface area contributed by atoms with Crippen molar-refractivity contribution < 1.29 is 4.74 Å². The topological polar surface area (TPSA) is 71.9 Å². The van der Waals surface area contributed by atoms with E-state index in [-0.39, 0.29) is 12.4 Å². The molecule has 0 saturated carbocycles. The average molecular weight is 268 g/mol. The molecular formula is C11H10ClN3OS. The molecule has 0 aliphatic rings. The van der Waals surface area contributed by atoms with E-state index >= 15 is 0 Å². The minimum atomic E-state index is 0. The number of rotatable bonds is 2. The molecule has 2 aromatic rings. The van der Waals surface area contributed by atoms with Crippen LogP contribution in [0.15, 0.2) is 24.3 Å². The summed E-state index contributed by atoms with van der Waals surface area (Å²) in [6.45, 7) is 1.83. The van der Waals surface area contributed by atoms with Crippen molar-refractivity contribution in [3.8, 4) is 17.0 Å². The molecule has 1 aromatic carbocycles. The summed E-state index contributed by atoms with van der Waals surface area (Å²) in [5, 5.41) is 9.81. The second-order valence-electron chi connectivity index (χ2n) is 3.17. The molecule has 0 radical (unpaired) electrons. The Kier molecular flexibility index (Phi) is 4.32. The normalized spacial score (nSPS) is 9.18. The zero-order valence-electron chi connectivity index (χ0n) is 9.01. The van der Waals surface area contributed by atoms with Gasteiger partial charge in [0.1, 0.15) is 10.8 Å². The molecule has 0 unspecified atom stereocenters. The van der Waals surface area contributed by atoms with Gasteiger partial charge in [0.2, 0.25) is 0 Å². The van der Waals surface area contributed by atoms with Crippen molar-refractivity contribution in [2.45, 2.75) is 6.92 Å². The summed E-state index contributed by atoms with van der Waals surface area (Å²) < 4.78 is 5.50. The lowest BCUT2D eigenvalue weighted by atomic mass is 10.2. The van der Waals surface area contributed by atoms with Crippen molar-refractivity contribution in [1.29, 1.82) is 5.26 Å². The Hall–Kier alpha value is -1.77. The van der Waals surface area contributed by atoms with Gasteiger partial charge in [0.15, 0.2) is 0 Å². The number of nitrogen functional groups attached to an aromatic ring is 1. The van der Waals surface area contributed by atoms with E-state index < -0.39 is 0 Å². The minimum Gasteiger partial charge on any atom is -0.431 e. The number of ether oxygens (including phenoxy) is 1. The van der Waals surface area contributed by atoms with Crippen LogP contribution in [0.3, 0.4) is 0 Å². The van der Waals surface area contributed by atoms with E-state index in [0.29, 0.717) is 21.5 Å². The van der Waals surface area contributed by atoms with Crippen LogP contribution in [0.25, 0.3) is 0 Å². The number of thiazole rings is 1. The summed E-state index contributed by atoms with van der Waals surface area (Å²) >= 11 is 1.30. The fourth-order valence-corrected chi connectivity index (χ4v) is 1.83. The second-order valence-corrected chi connectivity index (χ2v) is 4.16. The molecular weight excluding hydrogens is 258 g/mol. The van der Waals surface area contributed by atoms with E-state index in [1.807, 2.05) is 13.0 Å². The van der Waals surface area contributed by atoms with Crippen LogP contribution >= 0.6 is 23.7 Å². The van der Waals surface area contributed by atoms with Gasteiger partial charge < -0.3 is 10.5 Å². The number of aryl methyl sites for hydroxylation is 1. The summed E-state index contributed by atoms with van der Waals surface area (Å²) in [6.07, 6.45) is 0. The van der Waals surface area contributed by atoms with E-state index in [1.165, 1.54) is 11.3 Å². The van der Waals surface area contributed by atoms with Crippen molar-refractivity contribution in [1.82, 2.24) is 4.98 Å². The summed E-state index contributed by atoms with van der Waals surface area (Å²) in [7, 11) is 0. The molecule has 0 aliphatic heterocycles. The van der Waals surface area contributed by atoms with Crippen LogP contribution in [0.1, 0.15) is 11.3 Å². The van der Waals surface area contributed by atoms with Gasteiger partial charge in [-0.2, -0.15) is 5.26 Å². The standard InChI is InChI=1S/C11H9N3OS.ClH/c1-7-10(13)16-11(14-7)15-9-4-2-8(6-12)3-5-9;/h2-5H,13H2,1H3;1H. The number of nitriles is 1. The Morgan fingerprint density at radius 3 is 2.47 bits per heavy atom. The maximum atomic E-state index is 8.64. The number of halogens is 1. The van der Waals surface area contributed by atoms with Gasteiger partial charge in [0.25, 0.3) is 5.19 Å². The molecule has 88 valence electrons. The van der Waals surface area contributed by atoms with Crippen LogP contribution in [0.4, 0.5) is 5.00 Å². The highest BCUT2D eigenvalue weighted by atomic mass is 35.5. The van der Waals surface area contributed by atoms with Gasteiger partial charge in [-0.15, -0.1) is 12.4 Å². The number of anilines is 1. The SMILES string of the molecule is Cc1nc(Oc2ccc(C#N)cc2)sc1N.Cl. The maximum absolute atomic E-state index is 8.64. The Labute approximate surface area is 109 Å². The summed E-state index contributed by atoms with van der Waals surface area (Å²) in [5.41, 5.74) is 7.04. The van der Waals surface area contributed by atoms with Crippen molar-refractivity contribution in [3.63, 3.8) is 0 Å². The first kappa shape index (κ1) is 13.3. The zero-order valence-corrected chi connectivity index (χ0v) is 10.6. The van der Waals surface area contributed by atoms with E-state index in [2.05, 4.69) is 4.98 Å². The fraction of sp³-hybridized carbons (Fsp3) is 0.0909. The molecule has 0 fully saturated rings. The number of hydrogen-bond donors (Lipinski definition) is 1. The van der Waals surface area contributed by atoms with Crippen LogP contribution in [0.5, 0.6) is 10.9 Å². The lowest BCUT2D eigenvalue weighted by Gasteiger charge is -2.00. The first-order valence-corrected chi connectivity index (χ1v) is 5.41. The van der Waals surface area contributed by atoms with Gasteiger partial charge in [0, 0.05) is 0 Å². The lowest BCUT2D eigenvalue weighted by molar-refractivity contribution is 0.478. The highest BCUT2D eigenvalue weighted by Gasteiger charge is 2.06. The molecule has 0 spiro atoms. The van der Waals surface area contributed by atoms with E-state index in [4.69, 9.17) is 15.7 Å². The van der Waals surface area contributed by atoms with Gasteiger partial charge in [0.05, 0.1) is 17.3 Å². The summed E-state index contributed by atoms with van der Waals surface area (Å²) in [5.74, 6) is 0.646. The second kappa shape index (κ2) is 5.53. The molecule has 0 aliphatic carbocycles. The van der Waals surface area contributed by atoms with Crippen molar-refractivity contribution >= 4 is 28.7 Å². The molecule has 2 N–H and O–H groups in total. The molecule has 0 bridgehead atoms. The summed E-state index contributed by atoms with van der Waals surface area (Å²) in [6, 6.07) is 8.89. The third-order valence-electron chi connectivity index (χ3n) is 2.00.